The predicted molar refractivity (Wildman–Crippen MR) is 155 cm³/mol. The van der Waals surface area contributed by atoms with Gasteiger partial charge in [0.25, 0.3) is 11.8 Å². The third-order valence-electron chi connectivity index (χ3n) is 5.64. The first-order chi connectivity index (χ1) is 18.8. The number of hydrogen-bond donors (Lipinski definition) is 1. The number of barbiturate groups is 1. The van der Waals surface area contributed by atoms with Gasteiger partial charge in [0.15, 0.2) is 11.5 Å². The van der Waals surface area contributed by atoms with E-state index in [1.165, 1.54) is 6.08 Å². The lowest BCUT2D eigenvalue weighted by atomic mass is 10.1. The van der Waals surface area contributed by atoms with Gasteiger partial charge in [0.2, 0.25) is 0 Å². The van der Waals surface area contributed by atoms with E-state index in [4.69, 9.17) is 14.2 Å². The van der Waals surface area contributed by atoms with Gasteiger partial charge in [-0.25, -0.2) is 9.69 Å². The third kappa shape index (κ3) is 6.69. The van der Waals surface area contributed by atoms with Gasteiger partial charge in [-0.15, -0.1) is 0 Å². The van der Waals surface area contributed by atoms with Gasteiger partial charge in [-0.3, -0.25) is 14.9 Å². The summed E-state index contributed by atoms with van der Waals surface area (Å²) in [4.78, 5) is 39.5. The summed E-state index contributed by atoms with van der Waals surface area (Å²) in [6.45, 7) is 5.06. The maximum atomic E-state index is 13.3. The van der Waals surface area contributed by atoms with Gasteiger partial charge >= 0.3 is 6.03 Å². The standard InChI is InChI=1S/C29H26Br2N2O6/c1-3-13-38-21-11-9-20(10-12-21)33-28(35)22(27(34)32-29(33)36)14-18-15-24(31)26(25(16-18)37-4-2)39-17-19-7-5-6-8-23(19)30/h5-12,14-16H,3-4,13,17H2,1-2H3,(H,32,34,36)/b22-14-. The fourth-order valence-electron chi connectivity index (χ4n) is 3.81. The number of halogens is 2. The molecule has 202 valence electrons. The Labute approximate surface area is 243 Å². The maximum absolute atomic E-state index is 13.3. The second kappa shape index (κ2) is 12.9. The minimum atomic E-state index is -0.823. The summed E-state index contributed by atoms with van der Waals surface area (Å²) in [6.07, 6.45) is 2.27. The minimum absolute atomic E-state index is 0.197. The van der Waals surface area contributed by atoms with Crippen molar-refractivity contribution < 1.29 is 28.6 Å². The number of rotatable bonds is 10. The Balaban J connectivity index is 1.62. The fourth-order valence-corrected chi connectivity index (χ4v) is 4.78. The van der Waals surface area contributed by atoms with Crippen LogP contribution in [0.3, 0.4) is 0 Å². The molecule has 0 saturated carbocycles. The van der Waals surface area contributed by atoms with Crippen LogP contribution in [0.2, 0.25) is 0 Å². The Morgan fingerprint density at radius 2 is 1.64 bits per heavy atom. The summed E-state index contributed by atoms with van der Waals surface area (Å²) >= 11 is 7.05. The van der Waals surface area contributed by atoms with Crippen molar-refractivity contribution in [3.8, 4) is 17.2 Å². The number of hydrogen-bond acceptors (Lipinski definition) is 6. The van der Waals surface area contributed by atoms with E-state index in [1.54, 1.807) is 36.4 Å². The summed E-state index contributed by atoms with van der Waals surface area (Å²) in [7, 11) is 0. The van der Waals surface area contributed by atoms with Crippen LogP contribution in [0.25, 0.3) is 6.08 Å². The summed E-state index contributed by atoms with van der Waals surface area (Å²) in [5, 5.41) is 2.24. The average Bonchev–Trinajstić information content (AvgIpc) is 2.91. The van der Waals surface area contributed by atoms with Crippen molar-refractivity contribution in [2.24, 2.45) is 0 Å². The molecule has 0 spiro atoms. The van der Waals surface area contributed by atoms with Gasteiger partial charge in [-0.2, -0.15) is 0 Å². The molecule has 3 aromatic rings. The van der Waals surface area contributed by atoms with Gasteiger partial charge in [-0.05, 0) is 83.4 Å². The molecule has 1 saturated heterocycles. The molecule has 1 aliphatic heterocycles. The first kappa shape index (κ1) is 28.4. The summed E-state index contributed by atoms with van der Waals surface area (Å²) in [5.74, 6) is 0.00995. The molecular weight excluding hydrogens is 632 g/mol. The van der Waals surface area contributed by atoms with Crippen LogP contribution in [0.1, 0.15) is 31.4 Å². The van der Waals surface area contributed by atoms with E-state index in [9.17, 15) is 14.4 Å². The number of benzene rings is 3. The monoisotopic (exact) mass is 656 g/mol. The van der Waals surface area contributed by atoms with Crippen LogP contribution in [-0.4, -0.2) is 31.1 Å². The topological polar surface area (TPSA) is 94.2 Å². The molecule has 3 aromatic carbocycles. The van der Waals surface area contributed by atoms with E-state index in [0.29, 0.717) is 52.8 Å². The van der Waals surface area contributed by atoms with Crippen LogP contribution in [0.15, 0.2) is 75.2 Å². The van der Waals surface area contributed by atoms with Gasteiger partial charge < -0.3 is 14.2 Å². The van der Waals surface area contributed by atoms with Gasteiger partial charge in [-0.1, -0.05) is 41.1 Å². The Hall–Kier alpha value is -3.63. The zero-order valence-electron chi connectivity index (χ0n) is 21.3. The molecule has 0 unspecified atom stereocenters. The second-order valence-electron chi connectivity index (χ2n) is 8.44. The number of carbonyl (C=O) groups is 3. The smallest absolute Gasteiger partial charge is 0.335 e. The largest absolute Gasteiger partial charge is 0.494 e. The fraction of sp³-hybridized carbons (Fsp3) is 0.207. The van der Waals surface area contributed by atoms with Crippen molar-refractivity contribution in [1.82, 2.24) is 5.32 Å². The SMILES string of the molecule is CCCOc1ccc(N2C(=O)NC(=O)/C(=C/c3cc(Br)c(OCc4ccccc4Br)c(OCC)c3)C2=O)cc1. The molecule has 1 N–H and O–H groups in total. The Kier molecular flexibility index (Phi) is 9.42. The van der Waals surface area contributed by atoms with Crippen LogP contribution >= 0.6 is 31.9 Å². The van der Waals surface area contributed by atoms with Crippen LogP contribution in [0.5, 0.6) is 17.2 Å². The van der Waals surface area contributed by atoms with Gasteiger partial charge in [0.05, 0.1) is 23.4 Å². The molecule has 1 fully saturated rings. The quantitative estimate of drug-likeness (QED) is 0.194. The van der Waals surface area contributed by atoms with Crippen LogP contribution in [0, 0.1) is 0 Å². The van der Waals surface area contributed by atoms with Crippen molar-refractivity contribution in [3.63, 3.8) is 0 Å². The Morgan fingerprint density at radius 3 is 2.33 bits per heavy atom. The van der Waals surface area contributed by atoms with E-state index in [-0.39, 0.29) is 5.57 Å². The highest BCUT2D eigenvalue weighted by Crippen LogP contribution is 2.38. The lowest BCUT2D eigenvalue weighted by Gasteiger charge is -2.26. The van der Waals surface area contributed by atoms with Crippen molar-refractivity contribution in [2.75, 3.05) is 18.1 Å². The second-order valence-corrected chi connectivity index (χ2v) is 10.2. The van der Waals surface area contributed by atoms with Crippen molar-refractivity contribution in [2.45, 2.75) is 26.9 Å². The lowest BCUT2D eigenvalue weighted by molar-refractivity contribution is -0.122. The number of anilines is 1. The molecule has 4 rings (SSSR count). The van der Waals surface area contributed by atoms with Crippen LogP contribution < -0.4 is 24.4 Å². The lowest BCUT2D eigenvalue weighted by Crippen LogP contribution is -2.54. The number of ether oxygens (including phenoxy) is 3. The van der Waals surface area contributed by atoms with E-state index in [2.05, 4.69) is 37.2 Å². The highest BCUT2D eigenvalue weighted by atomic mass is 79.9. The molecule has 0 bridgehead atoms. The Bertz CT molecular complexity index is 1420. The minimum Gasteiger partial charge on any atom is -0.494 e. The molecule has 1 aliphatic rings. The molecular formula is C29H26Br2N2O6. The molecule has 4 amide bonds. The van der Waals surface area contributed by atoms with Gasteiger partial charge in [0, 0.05) is 10.0 Å². The molecule has 1 heterocycles. The zero-order chi connectivity index (χ0) is 27.9. The van der Waals surface area contributed by atoms with Crippen LogP contribution in [-0.2, 0) is 16.2 Å². The molecule has 0 aliphatic carbocycles. The summed E-state index contributed by atoms with van der Waals surface area (Å²) < 4.78 is 18.9. The number of imide groups is 2. The highest BCUT2D eigenvalue weighted by Gasteiger charge is 2.37. The number of urea groups is 1. The van der Waals surface area contributed by atoms with Crippen LogP contribution in [0.4, 0.5) is 10.5 Å². The molecule has 0 radical (unpaired) electrons. The molecule has 39 heavy (non-hydrogen) atoms. The van der Waals surface area contributed by atoms with E-state index in [1.807, 2.05) is 38.1 Å². The molecule has 10 heteroatoms. The number of amides is 4. The van der Waals surface area contributed by atoms with Crippen molar-refractivity contribution in [3.05, 3.63) is 86.3 Å². The number of carbonyl (C=O) groups excluding carboxylic acids is 3. The molecule has 8 nitrogen and oxygen atoms in total. The molecule has 0 aromatic heterocycles. The first-order valence-corrected chi connectivity index (χ1v) is 13.9. The van der Waals surface area contributed by atoms with E-state index in [0.717, 1.165) is 21.4 Å². The predicted octanol–water partition coefficient (Wildman–Crippen LogP) is 6.64. The van der Waals surface area contributed by atoms with Gasteiger partial charge in [0.1, 0.15) is 17.9 Å². The van der Waals surface area contributed by atoms with Crippen molar-refractivity contribution >= 4 is 61.5 Å². The summed E-state index contributed by atoms with van der Waals surface area (Å²) in [5.41, 5.74) is 1.58. The Morgan fingerprint density at radius 1 is 0.897 bits per heavy atom. The van der Waals surface area contributed by atoms with E-state index >= 15 is 0 Å². The average molecular weight is 658 g/mol. The number of nitrogens with one attached hydrogen (secondary N) is 1. The molecule has 0 atom stereocenters. The maximum Gasteiger partial charge on any atom is 0.335 e. The number of nitrogens with zero attached hydrogens (tertiary/aromatic N) is 1. The first-order valence-electron chi connectivity index (χ1n) is 12.3. The normalized spacial score (nSPS) is 14.4. The van der Waals surface area contributed by atoms with Crippen molar-refractivity contribution in [1.29, 1.82) is 0 Å². The highest BCUT2D eigenvalue weighted by molar-refractivity contribution is 9.10. The zero-order valence-corrected chi connectivity index (χ0v) is 24.5. The van der Waals surface area contributed by atoms with E-state index < -0.39 is 17.8 Å². The summed E-state index contributed by atoms with van der Waals surface area (Å²) in [6, 6.07) is 16.8. The third-order valence-corrected chi connectivity index (χ3v) is 7.00.